The molecule has 0 spiro atoms. The summed E-state index contributed by atoms with van der Waals surface area (Å²) in [6.45, 7) is 2.00. The zero-order valence-electron chi connectivity index (χ0n) is 23.2. The quantitative estimate of drug-likeness (QED) is 0.234. The first-order valence-corrected chi connectivity index (χ1v) is 14.4. The molecule has 0 saturated heterocycles. The van der Waals surface area contributed by atoms with Crippen LogP contribution in [0.1, 0.15) is 44.6 Å². The number of carbonyl (C=O) groups is 2. The summed E-state index contributed by atoms with van der Waals surface area (Å²) < 4.78 is 0. The first-order chi connectivity index (χ1) is 19.0. The van der Waals surface area contributed by atoms with Crippen LogP contribution in [0.25, 0.3) is 23.3 Å². The van der Waals surface area contributed by atoms with Gasteiger partial charge in [-0.3, -0.25) is 4.79 Å². The summed E-state index contributed by atoms with van der Waals surface area (Å²) in [5, 5.41) is 14.3. The largest absolute Gasteiger partial charge is 1.00 e. The van der Waals surface area contributed by atoms with Gasteiger partial charge in [0.05, 0.1) is 12.0 Å². The molecule has 0 unspecified atom stereocenters. The van der Waals surface area contributed by atoms with Gasteiger partial charge in [-0.05, 0) is 82.9 Å². The molecule has 0 saturated carbocycles. The SMILES string of the molecule is CSCC[C@H](NC(=O)c1ccc(/C=C/c2ccccc2Cc2ccccc2)cc1-c1ccccc1C)C(=O)[O-].[Li+]. The normalized spacial score (nSPS) is 11.6. The average Bonchev–Trinajstić information content (AvgIpc) is 2.95. The van der Waals surface area contributed by atoms with Crippen molar-refractivity contribution in [2.24, 2.45) is 0 Å². The van der Waals surface area contributed by atoms with Crippen LogP contribution >= 0.6 is 11.8 Å². The van der Waals surface area contributed by atoms with Crippen LogP contribution in [0, 0.1) is 6.92 Å². The second-order valence-electron chi connectivity index (χ2n) is 9.44. The molecule has 1 atom stereocenters. The number of carbonyl (C=O) groups excluding carboxylic acids is 2. The minimum Gasteiger partial charge on any atom is -0.548 e. The number of aryl methyl sites for hydroxylation is 1. The van der Waals surface area contributed by atoms with E-state index in [0.717, 1.165) is 34.2 Å². The van der Waals surface area contributed by atoms with Crippen LogP contribution < -0.4 is 29.3 Å². The van der Waals surface area contributed by atoms with Crippen molar-refractivity contribution >= 4 is 35.8 Å². The molecule has 0 aliphatic heterocycles. The maximum atomic E-state index is 13.3. The number of carboxylic acid groups (broad SMARTS) is 1. The fourth-order valence-corrected chi connectivity index (χ4v) is 5.01. The Hall–Kier alpha value is -3.49. The van der Waals surface area contributed by atoms with Crippen LogP contribution in [0.5, 0.6) is 0 Å². The number of aliphatic carboxylic acids is 1. The number of carboxylic acids is 1. The third-order valence-electron chi connectivity index (χ3n) is 6.67. The van der Waals surface area contributed by atoms with Crippen LogP contribution in [0.2, 0.25) is 0 Å². The molecule has 4 aromatic rings. The van der Waals surface area contributed by atoms with E-state index in [0.29, 0.717) is 17.7 Å². The van der Waals surface area contributed by atoms with Gasteiger partial charge >= 0.3 is 18.9 Å². The van der Waals surface area contributed by atoms with E-state index in [2.05, 4.69) is 59.9 Å². The minimum atomic E-state index is -1.27. The molecule has 4 nitrogen and oxygen atoms in total. The Kier molecular flexibility index (Phi) is 11.9. The average molecular weight is 542 g/mol. The Morgan fingerprint density at radius 2 is 1.57 bits per heavy atom. The molecule has 4 aromatic carbocycles. The number of nitrogens with one attached hydrogen (secondary N) is 1. The van der Waals surface area contributed by atoms with Crippen molar-refractivity contribution in [2.75, 3.05) is 12.0 Å². The van der Waals surface area contributed by atoms with Crippen LogP contribution in [0.15, 0.2) is 97.1 Å². The van der Waals surface area contributed by atoms with E-state index in [4.69, 9.17) is 0 Å². The van der Waals surface area contributed by atoms with Crippen LogP contribution in [0.4, 0.5) is 0 Å². The predicted octanol–water partition coefficient (Wildman–Crippen LogP) is 3.03. The summed E-state index contributed by atoms with van der Waals surface area (Å²) >= 11 is 1.53. The van der Waals surface area contributed by atoms with Gasteiger partial charge in [0, 0.05) is 5.56 Å². The van der Waals surface area contributed by atoms with Gasteiger partial charge in [0.2, 0.25) is 0 Å². The summed E-state index contributed by atoms with van der Waals surface area (Å²) in [4.78, 5) is 25.0. The van der Waals surface area contributed by atoms with Crippen LogP contribution in [-0.2, 0) is 11.2 Å². The van der Waals surface area contributed by atoms with E-state index >= 15 is 0 Å². The van der Waals surface area contributed by atoms with Gasteiger partial charge in [-0.15, -0.1) is 0 Å². The summed E-state index contributed by atoms with van der Waals surface area (Å²) in [6.07, 6.45) is 7.19. The molecule has 0 radical (unpaired) electrons. The van der Waals surface area contributed by atoms with Crippen molar-refractivity contribution in [1.29, 1.82) is 0 Å². The van der Waals surface area contributed by atoms with Gasteiger partial charge < -0.3 is 15.2 Å². The molecular weight excluding hydrogens is 509 g/mol. The molecule has 4 rings (SSSR count). The Morgan fingerprint density at radius 1 is 0.875 bits per heavy atom. The zero-order chi connectivity index (χ0) is 27.6. The van der Waals surface area contributed by atoms with Gasteiger partial charge in [-0.25, -0.2) is 0 Å². The second kappa shape index (κ2) is 15.3. The molecule has 0 aromatic heterocycles. The Labute approximate surface area is 253 Å². The molecule has 6 heteroatoms. The molecule has 0 fully saturated rings. The van der Waals surface area contributed by atoms with Gasteiger partial charge in [0.1, 0.15) is 0 Å². The Bertz CT molecular complexity index is 1470. The fraction of sp³-hybridized carbons (Fsp3) is 0.176. The fourth-order valence-electron chi connectivity index (χ4n) is 4.54. The van der Waals surface area contributed by atoms with Crippen molar-refractivity contribution in [3.8, 4) is 11.1 Å². The van der Waals surface area contributed by atoms with Gasteiger partial charge in [0.15, 0.2) is 0 Å². The monoisotopic (exact) mass is 541 g/mol. The van der Waals surface area contributed by atoms with Crippen LogP contribution in [-0.4, -0.2) is 29.9 Å². The molecular formula is C34H32LiNO3S. The van der Waals surface area contributed by atoms with E-state index in [1.54, 1.807) is 6.07 Å². The maximum absolute atomic E-state index is 13.3. The van der Waals surface area contributed by atoms with E-state index in [9.17, 15) is 14.7 Å². The Morgan fingerprint density at radius 3 is 2.30 bits per heavy atom. The summed E-state index contributed by atoms with van der Waals surface area (Å²) in [7, 11) is 0. The van der Waals surface area contributed by atoms with E-state index in [-0.39, 0.29) is 18.9 Å². The van der Waals surface area contributed by atoms with Gasteiger partial charge in [-0.1, -0.05) is 97.1 Å². The summed E-state index contributed by atoms with van der Waals surface area (Å²) in [5.74, 6) is -1.09. The molecule has 1 N–H and O–H groups in total. The first-order valence-electron chi connectivity index (χ1n) is 13.0. The van der Waals surface area contributed by atoms with E-state index < -0.39 is 17.9 Å². The van der Waals surface area contributed by atoms with E-state index in [1.165, 1.54) is 22.9 Å². The van der Waals surface area contributed by atoms with Crippen LogP contribution in [0.3, 0.4) is 0 Å². The number of hydrogen-bond acceptors (Lipinski definition) is 4. The van der Waals surface area contributed by atoms with Gasteiger partial charge in [-0.2, -0.15) is 11.8 Å². The maximum Gasteiger partial charge on any atom is 1.00 e. The number of rotatable bonds is 11. The molecule has 0 bridgehead atoms. The predicted molar refractivity (Wildman–Crippen MR) is 160 cm³/mol. The molecule has 40 heavy (non-hydrogen) atoms. The molecule has 0 aliphatic carbocycles. The van der Waals surface area contributed by atoms with Crippen molar-refractivity contribution in [1.82, 2.24) is 5.32 Å². The standard InChI is InChI=1S/C34H33NO3S.Li/c1-24-10-6-9-15-29(24)31-23-26(17-19-30(31)33(36)35-32(34(37)38)20-21-39-2)16-18-27-13-7-8-14-28(27)22-25-11-4-3-5-12-25;/h3-19,23,32H,20-22H2,1-2H3,(H,35,36)(H,37,38);/q;+1/p-1/b18-16+;/t32-;/m0./s1. The van der Waals surface area contributed by atoms with E-state index in [1.807, 2.05) is 61.7 Å². The summed E-state index contributed by atoms with van der Waals surface area (Å²) in [5.41, 5.74) is 7.70. The molecule has 0 aliphatic rings. The zero-order valence-corrected chi connectivity index (χ0v) is 24.0. The summed E-state index contributed by atoms with van der Waals surface area (Å²) in [6, 6.07) is 31.2. The van der Waals surface area contributed by atoms with Crippen molar-refractivity contribution in [2.45, 2.75) is 25.8 Å². The third kappa shape index (κ3) is 8.26. The van der Waals surface area contributed by atoms with Gasteiger partial charge in [0.25, 0.3) is 5.91 Å². The Balaban J connectivity index is 0.00000441. The minimum absolute atomic E-state index is 0. The van der Waals surface area contributed by atoms with Crippen molar-refractivity contribution in [3.05, 3.63) is 130 Å². The number of amides is 1. The third-order valence-corrected chi connectivity index (χ3v) is 7.32. The first kappa shape index (κ1) is 31.0. The molecule has 1 amide bonds. The molecule has 0 heterocycles. The second-order valence-corrected chi connectivity index (χ2v) is 10.4. The topological polar surface area (TPSA) is 69.2 Å². The number of hydrogen-bond donors (Lipinski definition) is 1. The number of benzene rings is 4. The smallest absolute Gasteiger partial charge is 0.548 e. The molecule has 198 valence electrons. The van der Waals surface area contributed by atoms with Crippen molar-refractivity contribution < 1.29 is 33.6 Å². The van der Waals surface area contributed by atoms with Crippen molar-refractivity contribution in [3.63, 3.8) is 0 Å². The number of thioether (sulfide) groups is 1.